The molecule has 158 valence electrons. The van der Waals surface area contributed by atoms with Crippen molar-refractivity contribution in [3.63, 3.8) is 0 Å². The Hall–Kier alpha value is -3.20. The number of aryl methyl sites for hydroxylation is 1. The SMILES string of the molecule is COc1ccc(-c2nnc(SCC(=O)NC(C)c3ccccc3C)n2N)c(OC)c1. The summed E-state index contributed by atoms with van der Waals surface area (Å²) in [5.74, 6) is 7.90. The molecule has 30 heavy (non-hydrogen) atoms. The number of ether oxygens (including phenoxy) is 2. The van der Waals surface area contributed by atoms with E-state index in [9.17, 15) is 4.79 Å². The molecule has 0 bridgehead atoms. The van der Waals surface area contributed by atoms with E-state index in [0.29, 0.717) is 28.0 Å². The van der Waals surface area contributed by atoms with Gasteiger partial charge in [-0.25, -0.2) is 4.68 Å². The van der Waals surface area contributed by atoms with Gasteiger partial charge in [0.2, 0.25) is 11.1 Å². The standard InChI is InChI=1S/C21H25N5O3S/c1-13-7-5-6-8-16(13)14(2)23-19(27)12-30-21-25-24-20(26(21)22)17-10-9-15(28-3)11-18(17)29-4/h5-11,14H,12,22H2,1-4H3,(H,23,27). The molecule has 1 amide bonds. The molecule has 3 aromatic rings. The molecule has 0 fully saturated rings. The van der Waals surface area contributed by atoms with E-state index in [2.05, 4.69) is 15.5 Å². The number of aromatic nitrogens is 3. The highest BCUT2D eigenvalue weighted by molar-refractivity contribution is 7.99. The van der Waals surface area contributed by atoms with Gasteiger partial charge in [-0.1, -0.05) is 36.0 Å². The van der Waals surface area contributed by atoms with Crippen LogP contribution in [0, 0.1) is 6.92 Å². The maximum Gasteiger partial charge on any atom is 0.230 e. The van der Waals surface area contributed by atoms with Crippen molar-refractivity contribution < 1.29 is 14.3 Å². The fourth-order valence-corrected chi connectivity index (χ4v) is 3.77. The topological polar surface area (TPSA) is 104 Å². The van der Waals surface area contributed by atoms with Gasteiger partial charge in [0.15, 0.2) is 5.82 Å². The van der Waals surface area contributed by atoms with Crippen LogP contribution in [0.4, 0.5) is 0 Å². The van der Waals surface area contributed by atoms with Crippen LogP contribution in [0.5, 0.6) is 11.5 Å². The highest BCUT2D eigenvalue weighted by Gasteiger charge is 2.18. The first kappa shape index (κ1) is 21.5. The van der Waals surface area contributed by atoms with Crippen molar-refractivity contribution in [1.29, 1.82) is 0 Å². The summed E-state index contributed by atoms with van der Waals surface area (Å²) < 4.78 is 12.0. The van der Waals surface area contributed by atoms with Crippen LogP contribution in [-0.2, 0) is 4.79 Å². The number of nitrogen functional groups attached to an aromatic ring is 1. The van der Waals surface area contributed by atoms with E-state index < -0.39 is 0 Å². The first-order valence-electron chi connectivity index (χ1n) is 9.35. The Bertz CT molecular complexity index is 1040. The molecule has 0 aliphatic heterocycles. The maximum atomic E-state index is 12.4. The van der Waals surface area contributed by atoms with Gasteiger partial charge in [0.25, 0.3) is 0 Å². The van der Waals surface area contributed by atoms with Crippen molar-refractivity contribution in [1.82, 2.24) is 20.2 Å². The van der Waals surface area contributed by atoms with E-state index in [4.69, 9.17) is 15.3 Å². The van der Waals surface area contributed by atoms with Gasteiger partial charge in [-0.15, -0.1) is 10.2 Å². The van der Waals surface area contributed by atoms with Crippen LogP contribution in [0.15, 0.2) is 47.6 Å². The van der Waals surface area contributed by atoms with Crippen LogP contribution in [-0.4, -0.2) is 40.8 Å². The van der Waals surface area contributed by atoms with Crippen LogP contribution in [0.3, 0.4) is 0 Å². The number of thioether (sulfide) groups is 1. The number of nitrogens with one attached hydrogen (secondary N) is 1. The van der Waals surface area contributed by atoms with Gasteiger partial charge in [-0.05, 0) is 37.1 Å². The van der Waals surface area contributed by atoms with Crippen molar-refractivity contribution in [2.45, 2.75) is 25.0 Å². The predicted octanol–water partition coefficient (Wildman–Crippen LogP) is 2.95. The number of rotatable bonds is 8. The number of amides is 1. The van der Waals surface area contributed by atoms with Crippen molar-refractivity contribution >= 4 is 17.7 Å². The minimum absolute atomic E-state index is 0.0887. The second kappa shape index (κ2) is 9.53. The minimum Gasteiger partial charge on any atom is -0.497 e. The molecular formula is C21H25N5O3S. The molecule has 0 aliphatic rings. The highest BCUT2D eigenvalue weighted by Crippen LogP contribution is 2.33. The molecule has 1 aromatic heterocycles. The van der Waals surface area contributed by atoms with Gasteiger partial charge in [0, 0.05) is 6.07 Å². The summed E-state index contributed by atoms with van der Waals surface area (Å²) in [5, 5.41) is 11.7. The minimum atomic E-state index is -0.109. The lowest BCUT2D eigenvalue weighted by Gasteiger charge is -2.16. The summed E-state index contributed by atoms with van der Waals surface area (Å²) >= 11 is 1.22. The summed E-state index contributed by atoms with van der Waals surface area (Å²) in [6, 6.07) is 13.2. The zero-order valence-electron chi connectivity index (χ0n) is 17.4. The summed E-state index contributed by atoms with van der Waals surface area (Å²) in [6.07, 6.45) is 0. The second-order valence-corrected chi connectivity index (χ2v) is 7.62. The summed E-state index contributed by atoms with van der Waals surface area (Å²) in [6.45, 7) is 3.99. The Labute approximate surface area is 179 Å². The van der Waals surface area contributed by atoms with Gasteiger partial charge >= 0.3 is 0 Å². The number of carbonyl (C=O) groups excluding carboxylic acids is 1. The third-order valence-electron chi connectivity index (χ3n) is 4.68. The van der Waals surface area contributed by atoms with Crippen molar-refractivity contribution in [3.8, 4) is 22.9 Å². The van der Waals surface area contributed by atoms with Crippen LogP contribution in [0.25, 0.3) is 11.4 Å². The fraction of sp³-hybridized carbons (Fsp3) is 0.286. The van der Waals surface area contributed by atoms with Crippen LogP contribution in [0.2, 0.25) is 0 Å². The Morgan fingerprint density at radius 1 is 1.20 bits per heavy atom. The smallest absolute Gasteiger partial charge is 0.230 e. The Morgan fingerprint density at radius 2 is 1.97 bits per heavy atom. The number of carbonyl (C=O) groups is 1. The molecule has 1 atom stereocenters. The van der Waals surface area contributed by atoms with Crippen molar-refractivity contribution in [2.24, 2.45) is 0 Å². The van der Waals surface area contributed by atoms with E-state index in [0.717, 1.165) is 11.1 Å². The predicted molar refractivity (Wildman–Crippen MR) is 117 cm³/mol. The number of nitrogens with two attached hydrogens (primary N) is 1. The molecule has 1 heterocycles. The van der Waals surface area contributed by atoms with Crippen molar-refractivity contribution in [2.75, 3.05) is 25.8 Å². The van der Waals surface area contributed by atoms with E-state index in [1.807, 2.05) is 38.1 Å². The Morgan fingerprint density at radius 3 is 2.67 bits per heavy atom. The summed E-state index contributed by atoms with van der Waals surface area (Å²) in [7, 11) is 3.14. The van der Waals surface area contributed by atoms with Crippen LogP contribution < -0.4 is 20.6 Å². The number of benzene rings is 2. The molecule has 9 heteroatoms. The molecule has 8 nitrogen and oxygen atoms in total. The lowest BCUT2D eigenvalue weighted by Crippen LogP contribution is -2.28. The molecule has 0 saturated carbocycles. The van der Waals surface area contributed by atoms with Crippen molar-refractivity contribution in [3.05, 3.63) is 53.6 Å². The molecule has 3 N–H and O–H groups in total. The summed E-state index contributed by atoms with van der Waals surface area (Å²) in [4.78, 5) is 12.4. The number of hydrogen-bond donors (Lipinski definition) is 2. The number of nitrogens with zero attached hydrogens (tertiary/aromatic N) is 3. The molecular weight excluding hydrogens is 402 g/mol. The van der Waals surface area contributed by atoms with Gasteiger partial charge < -0.3 is 20.6 Å². The summed E-state index contributed by atoms with van der Waals surface area (Å²) in [5.41, 5.74) is 2.90. The Balaban J connectivity index is 1.67. The van der Waals surface area contributed by atoms with E-state index in [1.165, 1.54) is 16.4 Å². The van der Waals surface area contributed by atoms with E-state index in [-0.39, 0.29) is 17.7 Å². The monoisotopic (exact) mass is 427 g/mol. The van der Waals surface area contributed by atoms with Gasteiger partial charge in [-0.2, -0.15) is 0 Å². The van der Waals surface area contributed by atoms with E-state index >= 15 is 0 Å². The zero-order valence-corrected chi connectivity index (χ0v) is 18.2. The van der Waals surface area contributed by atoms with Gasteiger partial charge in [0.1, 0.15) is 11.5 Å². The quantitative estimate of drug-likeness (QED) is 0.421. The van der Waals surface area contributed by atoms with Gasteiger partial charge in [0.05, 0.1) is 31.6 Å². The average molecular weight is 428 g/mol. The maximum absolute atomic E-state index is 12.4. The average Bonchev–Trinajstić information content (AvgIpc) is 3.12. The van der Waals surface area contributed by atoms with Crippen LogP contribution >= 0.6 is 11.8 Å². The highest BCUT2D eigenvalue weighted by atomic mass is 32.2. The fourth-order valence-electron chi connectivity index (χ4n) is 3.11. The molecule has 0 aliphatic carbocycles. The molecule has 3 rings (SSSR count). The van der Waals surface area contributed by atoms with Crippen LogP contribution in [0.1, 0.15) is 24.1 Å². The number of hydrogen-bond acceptors (Lipinski definition) is 7. The first-order valence-corrected chi connectivity index (χ1v) is 10.3. The molecule has 1 unspecified atom stereocenters. The lowest BCUT2D eigenvalue weighted by molar-refractivity contribution is -0.119. The second-order valence-electron chi connectivity index (χ2n) is 6.68. The Kier molecular flexibility index (Phi) is 6.83. The lowest BCUT2D eigenvalue weighted by atomic mass is 10.0. The molecule has 2 aromatic carbocycles. The zero-order chi connectivity index (χ0) is 21.7. The normalized spacial score (nSPS) is 11.7. The molecule has 0 radical (unpaired) electrons. The largest absolute Gasteiger partial charge is 0.497 e. The first-order chi connectivity index (χ1) is 14.4. The van der Waals surface area contributed by atoms with E-state index in [1.54, 1.807) is 32.4 Å². The number of methoxy groups -OCH3 is 2. The van der Waals surface area contributed by atoms with Gasteiger partial charge in [-0.3, -0.25) is 4.79 Å². The third-order valence-corrected chi connectivity index (χ3v) is 5.62. The third kappa shape index (κ3) is 4.68. The molecule has 0 saturated heterocycles. The molecule has 0 spiro atoms.